The van der Waals surface area contributed by atoms with Gasteiger partial charge in [-0.05, 0) is 57.4 Å². The fourth-order valence-corrected chi connectivity index (χ4v) is 3.15. The summed E-state index contributed by atoms with van der Waals surface area (Å²) >= 11 is 6.07. The summed E-state index contributed by atoms with van der Waals surface area (Å²) in [4.78, 5) is 14.9. The summed E-state index contributed by atoms with van der Waals surface area (Å²) in [5.74, 6) is 0.153. The molecule has 0 radical (unpaired) electrons. The fraction of sp³-hybridized carbons (Fsp3) is 0.611. The molecule has 4 nitrogen and oxygen atoms in total. The summed E-state index contributed by atoms with van der Waals surface area (Å²) < 4.78 is 5.80. The van der Waals surface area contributed by atoms with Gasteiger partial charge in [0, 0.05) is 24.7 Å². The maximum atomic E-state index is 12.9. The molecule has 1 saturated heterocycles. The summed E-state index contributed by atoms with van der Waals surface area (Å²) in [5.41, 5.74) is 5.86. The molecule has 1 heterocycles. The van der Waals surface area contributed by atoms with Crippen LogP contribution in [0.5, 0.6) is 0 Å². The van der Waals surface area contributed by atoms with Crippen LogP contribution in [0, 0.1) is 0 Å². The van der Waals surface area contributed by atoms with Crippen LogP contribution in [0.3, 0.4) is 0 Å². The zero-order valence-electron chi connectivity index (χ0n) is 14.5. The van der Waals surface area contributed by atoms with E-state index in [0.29, 0.717) is 18.2 Å². The molecule has 0 spiro atoms. The van der Waals surface area contributed by atoms with Gasteiger partial charge >= 0.3 is 0 Å². The first-order valence-electron chi connectivity index (χ1n) is 8.32. The fourth-order valence-electron chi connectivity index (χ4n) is 2.95. The molecule has 1 aliphatic heterocycles. The molecular weight excluding hydrogens is 347 g/mol. The number of nitrogens with zero attached hydrogens (tertiary/aromatic N) is 1. The molecule has 2 N–H and O–H groups in total. The maximum absolute atomic E-state index is 12.9. The second kappa shape index (κ2) is 9.62. The number of hydrogen-bond donors (Lipinski definition) is 1. The highest BCUT2D eigenvalue weighted by Crippen LogP contribution is 2.29. The lowest BCUT2D eigenvalue weighted by atomic mass is 9.82. The van der Waals surface area contributed by atoms with Gasteiger partial charge in [0.1, 0.15) is 0 Å². The molecule has 0 aliphatic carbocycles. The Kier molecular flexibility index (Phi) is 8.51. The molecule has 0 atom stereocenters. The molecule has 1 aromatic rings. The van der Waals surface area contributed by atoms with Crippen molar-refractivity contribution in [2.75, 3.05) is 26.2 Å². The minimum Gasteiger partial charge on any atom is -0.378 e. The van der Waals surface area contributed by atoms with Gasteiger partial charge in [-0.2, -0.15) is 0 Å². The van der Waals surface area contributed by atoms with Gasteiger partial charge in [0.15, 0.2) is 0 Å². The van der Waals surface area contributed by atoms with Crippen LogP contribution in [-0.4, -0.2) is 43.2 Å². The highest BCUT2D eigenvalue weighted by Gasteiger charge is 2.35. The molecule has 1 amide bonds. The van der Waals surface area contributed by atoms with E-state index < -0.39 is 5.41 Å². The lowest BCUT2D eigenvalue weighted by molar-refractivity contribution is -0.139. The SMILES string of the molecule is CC(C)(C(=O)N1CCC(OCCCN)CC1)c1cccc(Cl)c1.Cl. The third-order valence-corrected chi connectivity index (χ3v) is 4.75. The smallest absolute Gasteiger partial charge is 0.232 e. The van der Waals surface area contributed by atoms with Gasteiger partial charge in [0.05, 0.1) is 11.5 Å². The highest BCUT2D eigenvalue weighted by molar-refractivity contribution is 6.30. The number of halogens is 2. The predicted molar refractivity (Wildman–Crippen MR) is 101 cm³/mol. The number of ether oxygens (including phenoxy) is 1. The van der Waals surface area contributed by atoms with E-state index in [2.05, 4.69) is 0 Å². The summed E-state index contributed by atoms with van der Waals surface area (Å²) in [5, 5.41) is 0.662. The Morgan fingerprint density at radius 1 is 1.38 bits per heavy atom. The zero-order valence-corrected chi connectivity index (χ0v) is 16.0. The standard InChI is InChI=1S/C18H27ClN2O2.ClH/c1-18(2,14-5-3-6-15(19)13-14)17(22)21-10-7-16(8-11-21)23-12-4-9-20;/h3,5-6,13,16H,4,7-12,20H2,1-2H3;1H. The zero-order chi connectivity index (χ0) is 16.9. The summed E-state index contributed by atoms with van der Waals surface area (Å²) in [6, 6.07) is 7.56. The highest BCUT2D eigenvalue weighted by atomic mass is 35.5. The molecule has 6 heteroatoms. The number of hydrogen-bond acceptors (Lipinski definition) is 3. The number of nitrogens with two attached hydrogens (primary N) is 1. The van der Waals surface area contributed by atoms with E-state index in [9.17, 15) is 4.79 Å². The van der Waals surface area contributed by atoms with Crippen LogP contribution in [0.25, 0.3) is 0 Å². The molecule has 0 bridgehead atoms. The van der Waals surface area contributed by atoms with E-state index in [-0.39, 0.29) is 24.4 Å². The Labute approximate surface area is 156 Å². The van der Waals surface area contributed by atoms with Crippen molar-refractivity contribution in [2.24, 2.45) is 5.73 Å². The van der Waals surface area contributed by atoms with Crippen LogP contribution < -0.4 is 5.73 Å². The summed E-state index contributed by atoms with van der Waals surface area (Å²) in [7, 11) is 0. The number of piperidine rings is 1. The Hall–Kier alpha value is -0.810. The third-order valence-electron chi connectivity index (χ3n) is 4.51. The minimum absolute atomic E-state index is 0. The quantitative estimate of drug-likeness (QED) is 0.776. The molecule has 0 unspecified atom stereocenters. The first kappa shape index (κ1) is 21.2. The Balaban J connectivity index is 0.00000288. The van der Waals surface area contributed by atoms with Gasteiger partial charge in [-0.25, -0.2) is 0 Å². The monoisotopic (exact) mass is 374 g/mol. The van der Waals surface area contributed by atoms with Crippen molar-refractivity contribution >= 4 is 29.9 Å². The molecule has 0 aromatic heterocycles. The van der Waals surface area contributed by atoms with Crippen molar-refractivity contribution < 1.29 is 9.53 Å². The van der Waals surface area contributed by atoms with Crippen LogP contribution in [0.15, 0.2) is 24.3 Å². The van der Waals surface area contributed by atoms with Crippen molar-refractivity contribution in [3.63, 3.8) is 0 Å². The van der Waals surface area contributed by atoms with Crippen molar-refractivity contribution in [2.45, 2.75) is 44.6 Å². The minimum atomic E-state index is -0.571. The molecule has 24 heavy (non-hydrogen) atoms. The Bertz CT molecular complexity index is 530. The largest absolute Gasteiger partial charge is 0.378 e. The number of carbonyl (C=O) groups excluding carboxylic acids is 1. The summed E-state index contributed by atoms with van der Waals surface area (Å²) in [6.45, 7) is 6.79. The van der Waals surface area contributed by atoms with Crippen LogP contribution in [-0.2, 0) is 14.9 Å². The van der Waals surface area contributed by atoms with E-state index in [1.165, 1.54) is 0 Å². The average molecular weight is 375 g/mol. The lowest BCUT2D eigenvalue weighted by Gasteiger charge is -2.37. The van der Waals surface area contributed by atoms with Gasteiger partial charge in [0.25, 0.3) is 0 Å². The van der Waals surface area contributed by atoms with Crippen molar-refractivity contribution in [3.8, 4) is 0 Å². The number of carbonyl (C=O) groups is 1. The molecule has 136 valence electrons. The van der Waals surface area contributed by atoms with Gasteiger partial charge in [0.2, 0.25) is 5.91 Å². The number of amides is 1. The molecule has 2 rings (SSSR count). The van der Waals surface area contributed by atoms with Crippen LogP contribution in [0.4, 0.5) is 0 Å². The lowest BCUT2D eigenvalue weighted by Crippen LogP contribution is -2.48. The van der Waals surface area contributed by atoms with E-state index >= 15 is 0 Å². The van der Waals surface area contributed by atoms with Crippen LogP contribution in [0.2, 0.25) is 5.02 Å². The van der Waals surface area contributed by atoms with Gasteiger partial charge < -0.3 is 15.4 Å². The van der Waals surface area contributed by atoms with Crippen LogP contribution >= 0.6 is 24.0 Å². The molecule has 1 aliphatic rings. The van der Waals surface area contributed by atoms with E-state index in [1.807, 2.05) is 43.0 Å². The van der Waals surface area contributed by atoms with E-state index in [0.717, 1.165) is 37.9 Å². The van der Waals surface area contributed by atoms with Crippen LogP contribution in [0.1, 0.15) is 38.7 Å². The van der Waals surface area contributed by atoms with Gasteiger partial charge in [-0.1, -0.05) is 23.7 Å². The van der Waals surface area contributed by atoms with Crippen molar-refractivity contribution in [1.82, 2.24) is 4.90 Å². The predicted octanol–water partition coefficient (Wildman–Crippen LogP) is 3.40. The van der Waals surface area contributed by atoms with Crippen molar-refractivity contribution in [1.29, 1.82) is 0 Å². The second-order valence-electron chi connectivity index (χ2n) is 6.64. The van der Waals surface area contributed by atoms with E-state index in [4.69, 9.17) is 22.1 Å². The Morgan fingerprint density at radius 3 is 2.62 bits per heavy atom. The third kappa shape index (κ3) is 5.35. The number of rotatable bonds is 6. The Morgan fingerprint density at radius 2 is 2.04 bits per heavy atom. The molecule has 1 aromatic carbocycles. The maximum Gasteiger partial charge on any atom is 0.232 e. The number of likely N-dealkylation sites (tertiary alicyclic amines) is 1. The molecule has 1 fully saturated rings. The van der Waals surface area contributed by atoms with Gasteiger partial charge in [-0.15, -0.1) is 12.4 Å². The average Bonchev–Trinajstić information content (AvgIpc) is 2.55. The van der Waals surface area contributed by atoms with E-state index in [1.54, 1.807) is 0 Å². The topological polar surface area (TPSA) is 55.6 Å². The number of benzene rings is 1. The molecule has 0 saturated carbocycles. The van der Waals surface area contributed by atoms with Crippen molar-refractivity contribution in [3.05, 3.63) is 34.9 Å². The first-order valence-corrected chi connectivity index (χ1v) is 8.70. The second-order valence-corrected chi connectivity index (χ2v) is 7.08. The molecular formula is C18H28Cl2N2O2. The first-order chi connectivity index (χ1) is 10.9. The normalized spacial score (nSPS) is 15.9. The van der Waals surface area contributed by atoms with Gasteiger partial charge in [-0.3, -0.25) is 4.79 Å². The summed E-state index contributed by atoms with van der Waals surface area (Å²) in [6.07, 6.45) is 2.92.